The van der Waals surface area contributed by atoms with Gasteiger partial charge in [-0.2, -0.15) is 0 Å². The van der Waals surface area contributed by atoms with Gasteiger partial charge in [-0.3, -0.25) is 14.9 Å². The summed E-state index contributed by atoms with van der Waals surface area (Å²) in [5.41, 5.74) is 6.66. The average molecular weight is 460 g/mol. The summed E-state index contributed by atoms with van der Waals surface area (Å²) in [5.74, 6) is -0.103. The van der Waals surface area contributed by atoms with Crippen LogP contribution >= 0.6 is 35.4 Å². The van der Waals surface area contributed by atoms with Crippen molar-refractivity contribution in [1.82, 2.24) is 5.32 Å². The molecule has 1 heterocycles. The fourth-order valence-electron chi connectivity index (χ4n) is 2.55. The topological polar surface area (TPSA) is 97.4 Å². The summed E-state index contributed by atoms with van der Waals surface area (Å²) in [4.78, 5) is 23.6. The van der Waals surface area contributed by atoms with Crippen molar-refractivity contribution in [3.05, 3.63) is 82.0 Å². The molecular weight excluding hydrogens is 445 g/mol. The molecule has 0 unspecified atom stereocenters. The molecule has 1 aromatic heterocycles. The van der Waals surface area contributed by atoms with E-state index < -0.39 is 11.8 Å². The second-order valence-corrected chi connectivity index (χ2v) is 7.26. The lowest BCUT2D eigenvalue weighted by Gasteiger charge is -2.10. The molecule has 0 radical (unpaired) electrons. The van der Waals surface area contributed by atoms with Gasteiger partial charge in [-0.1, -0.05) is 35.3 Å². The van der Waals surface area contributed by atoms with Crippen molar-refractivity contribution < 1.29 is 14.0 Å². The second kappa shape index (κ2) is 9.58. The van der Waals surface area contributed by atoms with E-state index in [1.807, 2.05) is 0 Å². The molecule has 0 bridgehead atoms. The smallest absolute Gasteiger partial charge is 0.250 e. The van der Waals surface area contributed by atoms with E-state index in [4.69, 9.17) is 45.6 Å². The van der Waals surface area contributed by atoms with E-state index in [0.717, 1.165) is 0 Å². The third-order valence-electron chi connectivity index (χ3n) is 3.90. The summed E-state index contributed by atoms with van der Waals surface area (Å²) in [7, 11) is 0. The van der Waals surface area contributed by atoms with E-state index in [2.05, 4.69) is 10.6 Å². The predicted molar refractivity (Wildman–Crippen MR) is 123 cm³/mol. The Morgan fingerprint density at radius 1 is 1.07 bits per heavy atom. The number of nitrogens with two attached hydrogens (primary N) is 1. The number of hydrogen-bond acceptors (Lipinski definition) is 4. The van der Waals surface area contributed by atoms with Crippen LogP contribution in [0.4, 0.5) is 5.69 Å². The Labute approximate surface area is 187 Å². The summed E-state index contributed by atoms with van der Waals surface area (Å²) < 4.78 is 5.69. The zero-order valence-corrected chi connectivity index (χ0v) is 17.6. The largest absolute Gasteiger partial charge is 0.457 e. The van der Waals surface area contributed by atoms with Gasteiger partial charge >= 0.3 is 0 Å². The molecule has 2 amide bonds. The molecule has 0 aliphatic heterocycles. The molecule has 0 saturated carbocycles. The summed E-state index contributed by atoms with van der Waals surface area (Å²) >= 11 is 17.2. The fraction of sp³-hybridized carbons (Fsp3) is 0. The Kier molecular flexibility index (Phi) is 6.89. The van der Waals surface area contributed by atoms with Gasteiger partial charge in [0.25, 0.3) is 5.91 Å². The summed E-state index contributed by atoms with van der Waals surface area (Å²) in [6.45, 7) is 0. The number of benzene rings is 2. The molecule has 2 aromatic carbocycles. The average Bonchev–Trinajstić information content (AvgIpc) is 3.15. The lowest BCUT2D eigenvalue weighted by Crippen LogP contribution is -2.33. The monoisotopic (exact) mass is 459 g/mol. The van der Waals surface area contributed by atoms with E-state index >= 15 is 0 Å². The zero-order chi connectivity index (χ0) is 21.7. The summed E-state index contributed by atoms with van der Waals surface area (Å²) in [6.07, 6.45) is 2.75. The van der Waals surface area contributed by atoms with Crippen LogP contribution < -0.4 is 16.4 Å². The van der Waals surface area contributed by atoms with Crippen LogP contribution in [0.1, 0.15) is 16.1 Å². The first-order chi connectivity index (χ1) is 14.3. The van der Waals surface area contributed by atoms with Crippen molar-refractivity contribution in [2.45, 2.75) is 0 Å². The number of carbonyl (C=O) groups is 2. The number of amides is 2. The van der Waals surface area contributed by atoms with Gasteiger partial charge in [0.2, 0.25) is 5.91 Å². The molecule has 0 fully saturated rings. The Bertz CT molecular complexity index is 1160. The third-order valence-corrected chi connectivity index (χ3v) is 4.65. The van der Waals surface area contributed by atoms with E-state index in [0.29, 0.717) is 32.8 Å². The number of hydrogen-bond donors (Lipinski definition) is 3. The van der Waals surface area contributed by atoms with E-state index in [9.17, 15) is 9.59 Å². The minimum absolute atomic E-state index is 0.0198. The number of carbonyl (C=O) groups excluding carboxylic acids is 2. The first kappa shape index (κ1) is 21.6. The number of furan rings is 1. The van der Waals surface area contributed by atoms with Crippen molar-refractivity contribution in [1.29, 1.82) is 0 Å². The van der Waals surface area contributed by atoms with Crippen molar-refractivity contribution >= 4 is 64.1 Å². The van der Waals surface area contributed by atoms with Crippen LogP contribution in [0.3, 0.4) is 0 Å². The molecule has 30 heavy (non-hydrogen) atoms. The maximum atomic E-state index is 12.1. The van der Waals surface area contributed by atoms with E-state index in [-0.39, 0.29) is 10.7 Å². The van der Waals surface area contributed by atoms with Crippen molar-refractivity contribution in [2.75, 3.05) is 5.32 Å². The maximum absolute atomic E-state index is 12.1. The molecular formula is C21H15Cl2N3O3S. The Hall–Kier alpha value is -3.13. The van der Waals surface area contributed by atoms with Gasteiger partial charge in [0.15, 0.2) is 5.11 Å². The number of rotatable bonds is 5. The highest BCUT2D eigenvalue weighted by atomic mass is 35.5. The normalized spacial score (nSPS) is 10.7. The van der Waals surface area contributed by atoms with Crippen LogP contribution in [0.2, 0.25) is 10.0 Å². The number of thiocarbonyl (C=S) groups is 1. The number of anilines is 1. The quantitative estimate of drug-likeness (QED) is 0.373. The van der Waals surface area contributed by atoms with Gasteiger partial charge in [-0.05, 0) is 60.8 Å². The molecule has 0 aliphatic rings. The highest BCUT2D eigenvalue weighted by Crippen LogP contribution is 2.31. The Balaban J connectivity index is 1.62. The third kappa shape index (κ3) is 5.48. The van der Waals surface area contributed by atoms with Gasteiger partial charge in [0, 0.05) is 16.7 Å². The van der Waals surface area contributed by atoms with E-state index in [1.54, 1.807) is 54.6 Å². The van der Waals surface area contributed by atoms with Gasteiger partial charge in [0.1, 0.15) is 11.5 Å². The summed E-state index contributed by atoms with van der Waals surface area (Å²) in [6, 6.07) is 15.1. The van der Waals surface area contributed by atoms with Crippen LogP contribution in [0.5, 0.6) is 0 Å². The molecule has 0 aliphatic carbocycles. The fourth-order valence-corrected chi connectivity index (χ4v) is 3.26. The molecule has 9 heteroatoms. The number of primary amides is 1. The molecule has 4 N–H and O–H groups in total. The van der Waals surface area contributed by atoms with Gasteiger partial charge in [-0.15, -0.1) is 0 Å². The minimum Gasteiger partial charge on any atom is -0.457 e. The highest BCUT2D eigenvalue weighted by molar-refractivity contribution is 7.80. The molecule has 152 valence electrons. The molecule has 0 spiro atoms. The highest BCUT2D eigenvalue weighted by Gasteiger charge is 2.10. The van der Waals surface area contributed by atoms with E-state index in [1.165, 1.54) is 12.2 Å². The van der Waals surface area contributed by atoms with Crippen LogP contribution in [0, 0.1) is 0 Å². The predicted octanol–water partition coefficient (Wildman–Crippen LogP) is 4.88. The maximum Gasteiger partial charge on any atom is 0.250 e. The zero-order valence-electron chi connectivity index (χ0n) is 15.3. The SMILES string of the molecule is NC(=O)c1ccccc1NC(=S)NC(=O)/C=C/c1ccc(-c2ccc(Cl)cc2Cl)o1. The van der Waals surface area contributed by atoms with Crippen LogP contribution in [-0.2, 0) is 4.79 Å². The van der Waals surface area contributed by atoms with Crippen molar-refractivity contribution in [2.24, 2.45) is 5.73 Å². The van der Waals surface area contributed by atoms with Gasteiger partial charge in [-0.25, -0.2) is 0 Å². The number of para-hydroxylation sites is 1. The number of nitrogens with one attached hydrogen (secondary N) is 2. The van der Waals surface area contributed by atoms with Crippen molar-refractivity contribution in [3.63, 3.8) is 0 Å². The molecule has 3 aromatic rings. The molecule has 0 saturated heterocycles. The van der Waals surface area contributed by atoms with Crippen LogP contribution in [0.25, 0.3) is 17.4 Å². The van der Waals surface area contributed by atoms with Crippen LogP contribution in [0.15, 0.2) is 65.1 Å². The lowest BCUT2D eigenvalue weighted by molar-refractivity contribution is -0.115. The first-order valence-corrected chi connectivity index (χ1v) is 9.74. The Morgan fingerprint density at radius 3 is 2.57 bits per heavy atom. The van der Waals surface area contributed by atoms with Crippen LogP contribution in [-0.4, -0.2) is 16.9 Å². The van der Waals surface area contributed by atoms with Gasteiger partial charge in [0.05, 0.1) is 16.3 Å². The standard InChI is InChI=1S/C21H15Cl2N3O3S/c22-12-5-8-14(16(23)11-12)18-9-6-13(29-18)7-10-19(27)26-21(30)25-17-4-2-1-3-15(17)20(24)28/h1-11H,(H2,24,28)(H2,25,26,27,30)/b10-7+. The minimum atomic E-state index is -0.610. The molecule has 3 rings (SSSR count). The Morgan fingerprint density at radius 2 is 1.83 bits per heavy atom. The molecule has 0 atom stereocenters. The first-order valence-electron chi connectivity index (χ1n) is 8.57. The number of halogens is 2. The summed E-state index contributed by atoms with van der Waals surface area (Å²) in [5, 5.41) is 6.26. The second-order valence-electron chi connectivity index (χ2n) is 6.01. The lowest BCUT2D eigenvalue weighted by atomic mass is 10.1. The van der Waals surface area contributed by atoms with Gasteiger partial charge < -0.3 is 15.5 Å². The van der Waals surface area contributed by atoms with Crippen molar-refractivity contribution in [3.8, 4) is 11.3 Å². The molecule has 6 nitrogen and oxygen atoms in total.